The van der Waals surface area contributed by atoms with Gasteiger partial charge >= 0.3 is 6.03 Å². The number of furan rings is 1. The standard InChI is InChI=1S/C22H23F2N5O3/c1-13(2)29-11-15(5-7-18(29)30)16-10-25-20(26-19(16)17-6-4-14(3)32-17)27-21(31)28-9-8-22(23,24)12-28/h4-7,10-11,13H,8-9,12H2,1-3H3,(H,25,26,27,31). The first-order chi connectivity index (χ1) is 15.1. The maximum Gasteiger partial charge on any atom is 0.324 e. The molecule has 1 aliphatic heterocycles. The molecule has 0 unspecified atom stereocenters. The van der Waals surface area contributed by atoms with Crippen LogP contribution in [-0.4, -0.2) is 44.5 Å². The van der Waals surface area contributed by atoms with E-state index in [-0.39, 0.29) is 30.5 Å². The average molecular weight is 443 g/mol. The van der Waals surface area contributed by atoms with E-state index >= 15 is 0 Å². The highest BCUT2D eigenvalue weighted by molar-refractivity contribution is 5.88. The average Bonchev–Trinajstić information content (AvgIpc) is 3.33. The van der Waals surface area contributed by atoms with Crippen LogP contribution in [0.4, 0.5) is 19.5 Å². The van der Waals surface area contributed by atoms with E-state index in [1.807, 2.05) is 13.8 Å². The van der Waals surface area contributed by atoms with Gasteiger partial charge in [-0.15, -0.1) is 0 Å². The van der Waals surface area contributed by atoms with E-state index in [1.165, 1.54) is 12.3 Å². The van der Waals surface area contributed by atoms with Gasteiger partial charge in [-0.05, 0) is 39.0 Å². The number of halogens is 2. The molecule has 3 aromatic heterocycles. The van der Waals surface area contributed by atoms with Gasteiger partial charge in [-0.25, -0.2) is 23.5 Å². The van der Waals surface area contributed by atoms with E-state index in [4.69, 9.17) is 4.42 Å². The number of likely N-dealkylation sites (tertiary alicyclic amines) is 1. The van der Waals surface area contributed by atoms with Crippen molar-refractivity contribution in [2.75, 3.05) is 18.4 Å². The van der Waals surface area contributed by atoms with E-state index in [1.54, 1.807) is 35.9 Å². The van der Waals surface area contributed by atoms with Crippen LogP contribution in [0.2, 0.25) is 0 Å². The fraction of sp³-hybridized carbons (Fsp3) is 0.364. The van der Waals surface area contributed by atoms with Crippen LogP contribution in [-0.2, 0) is 0 Å². The van der Waals surface area contributed by atoms with Gasteiger partial charge in [0.15, 0.2) is 5.76 Å². The van der Waals surface area contributed by atoms with Crippen molar-refractivity contribution in [1.29, 1.82) is 0 Å². The molecule has 8 nitrogen and oxygen atoms in total. The number of alkyl halides is 2. The topological polar surface area (TPSA) is 93.3 Å². The second-order valence-corrected chi connectivity index (χ2v) is 8.08. The van der Waals surface area contributed by atoms with Crippen LogP contribution in [0, 0.1) is 6.92 Å². The Hall–Kier alpha value is -3.56. The maximum atomic E-state index is 13.5. The molecule has 1 saturated heterocycles. The van der Waals surface area contributed by atoms with Crippen molar-refractivity contribution in [3.63, 3.8) is 0 Å². The summed E-state index contributed by atoms with van der Waals surface area (Å²) in [6, 6.07) is 5.92. The van der Waals surface area contributed by atoms with Crippen molar-refractivity contribution in [1.82, 2.24) is 19.4 Å². The molecule has 0 spiro atoms. The van der Waals surface area contributed by atoms with Crippen molar-refractivity contribution < 1.29 is 18.0 Å². The number of anilines is 1. The minimum atomic E-state index is -2.89. The van der Waals surface area contributed by atoms with Crippen LogP contribution in [0.5, 0.6) is 0 Å². The summed E-state index contributed by atoms with van der Waals surface area (Å²) >= 11 is 0. The molecule has 0 aliphatic carbocycles. The van der Waals surface area contributed by atoms with Gasteiger partial charge < -0.3 is 13.9 Å². The van der Waals surface area contributed by atoms with Gasteiger partial charge in [0.2, 0.25) is 5.95 Å². The molecule has 0 radical (unpaired) electrons. The number of carbonyl (C=O) groups excluding carboxylic acids is 1. The predicted molar refractivity (Wildman–Crippen MR) is 115 cm³/mol. The number of amides is 2. The van der Waals surface area contributed by atoms with E-state index in [9.17, 15) is 18.4 Å². The zero-order valence-electron chi connectivity index (χ0n) is 17.9. The Morgan fingerprint density at radius 1 is 1.25 bits per heavy atom. The van der Waals surface area contributed by atoms with Gasteiger partial charge in [0.1, 0.15) is 11.5 Å². The van der Waals surface area contributed by atoms with Crippen molar-refractivity contribution >= 4 is 12.0 Å². The molecule has 32 heavy (non-hydrogen) atoms. The van der Waals surface area contributed by atoms with Crippen molar-refractivity contribution in [2.45, 2.75) is 39.2 Å². The molecule has 1 aliphatic rings. The third-order valence-corrected chi connectivity index (χ3v) is 5.24. The molecule has 0 atom stereocenters. The summed E-state index contributed by atoms with van der Waals surface area (Å²) < 4.78 is 34.2. The summed E-state index contributed by atoms with van der Waals surface area (Å²) in [5.41, 5.74) is 1.56. The lowest BCUT2D eigenvalue weighted by atomic mass is 10.1. The van der Waals surface area contributed by atoms with E-state index < -0.39 is 18.5 Å². The molecule has 0 saturated carbocycles. The Morgan fingerprint density at radius 2 is 2.03 bits per heavy atom. The lowest BCUT2D eigenvalue weighted by Gasteiger charge is -2.17. The first-order valence-electron chi connectivity index (χ1n) is 10.2. The molecular weight excluding hydrogens is 420 g/mol. The summed E-state index contributed by atoms with van der Waals surface area (Å²) in [7, 11) is 0. The Labute approximate surface area is 182 Å². The molecule has 4 heterocycles. The number of nitrogens with zero attached hydrogens (tertiary/aromatic N) is 4. The van der Waals surface area contributed by atoms with Gasteiger partial charge in [0.25, 0.3) is 11.5 Å². The predicted octanol–water partition coefficient (Wildman–Crippen LogP) is 4.33. The molecule has 1 fully saturated rings. The number of nitrogens with one attached hydrogen (secondary N) is 1. The van der Waals surface area contributed by atoms with Crippen molar-refractivity contribution in [3.05, 3.63) is 52.8 Å². The Morgan fingerprint density at radius 3 is 2.66 bits per heavy atom. The Kier molecular flexibility index (Phi) is 5.53. The van der Waals surface area contributed by atoms with Gasteiger partial charge in [0.05, 0.1) is 6.54 Å². The maximum absolute atomic E-state index is 13.5. The molecule has 4 rings (SSSR count). The van der Waals surface area contributed by atoms with Gasteiger partial charge in [-0.3, -0.25) is 10.1 Å². The first-order valence-corrected chi connectivity index (χ1v) is 10.2. The SMILES string of the molecule is Cc1ccc(-c2nc(NC(=O)N3CCC(F)(F)C3)ncc2-c2ccc(=O)n(C(C)C)c2)o1. The highest BCUT2D eigenvalue weighted by Crippen LogP contribution is 2.32. The highest BCUT2D eigenvalue weighted by Gasteiger charge is 2.40. The van der Waals surface area contributed by atoms with E-state index in [2.05, 4.69) is 15.3 Å². The van der Waals surface area contributed by atoms with Crippen LogP contribution in [0.25, 0.3) is 22.6 Å². The van der Waals surface area contributed by atoms with Gasteiger partial charge in [0, 0.05) is 48.6 Å². The van der Waals surface area contributed by atoms with Crippen LogP contribution in [0.3, 0.4) is 0 Å². The van der Waals surface area contributed by atoms with Crippen LogP contribution in [0.1, 0.15) is 32.1 Å². The monoisotopic (exact) mass is 443 g/mol. The summed E-state index contributed by atoms with van der Waals surface area (Å²) in [5, 5.41) is 2.49. The van der Waals surface area contributed by atoms with E-state index in [0.717, 1.165) is 4.90 Å². The molecule has 1 N–H and O–H groups in total. The molecule has 2 amide bonds. The molecule has 10 heteroatoms. The number of pyridine rings is 1. The Bertz CT molecular complexity index is 1220. The minimum Gasteiger partial charge on any atom is -0.460 e. The van der Waals surface area contributed by atoms with Crippen molar-refractivity contribution in [3.8, 4) is 22.6 Å². The second kappa shape index (κ2) is 8.18. The fourth-order valence-electron chi connectivity index (χ4n) is 3.55. The molecule has 168 valence electrons. The molecular formula is C22H23F2N5O3. The van der Waals surface area contributed by atoms with Gasteiger partial charge in [-0.1, -0.05) is 0 Å². The number of aromatic nitrogens is 3. The largest absolute Gasteiger partial charge is 0.460 e. The fourth-order valence-corrected chi connectivity index (χ4v) is 3.55. The second-order valence-electron chi connectivity index (χ2n) is 8.08. The number of hydrogen-bond acceptors (Lipinski definition) is 5. The number of aryl methyl sites for hydroxylation is 1. The lowest BCUT2D eigenvalue weighted by molar-refractivity contribution is 0.0159. The first kappa shape index (κ1) is 21.7. The zero-order valence-corrected chi connectivity index (χ0v) is 17.9. The Balaban J connectivity index is 1.72. The number of carbonyl (C=O) groups is 1. The summed E-state index contributed by atoms with van der Waals surface area (Å²) in [4.78, 5) is 34.2. The summed E-state index contributed by atoms with van der Waals surface area (Å²) in [6.07, 6.45) is 2.86. The third kappa shape index (κ3) is 4.39. The summed E-state index contributed by atoms with van der Waals surface area (Å²) in [5.74, 6) is -1.81. The highest BCUT2D eigenvalue weighted by atomic mass is 19.3. The number of hydrogen-bond donors (Lipinski definition) is 1. The zero-order chi connectivity index (χ0) is 23.0. The van der Waals surface area contributed by atoms with Gasteiger partial charge in [-0.2, -0.15) is 0 Å². The van der Waals surface area contributed by atoms with E-state index in [0.29, 0.717) is 28.3 Å². The molecule has 3 aromatic rings. The molecule has 0 bridgehead atoms. The number of rotatable bonds is 4. The van der Waals surface area contributed by atoms with Crippen LogP contribution < -0.4 is 10.9 Å². The molecule has 0 aromatic carbocycles. The minimum absolute atomic E-state index is 0.0322. The third-order valence-electron chi connectivity index (χ3n) is 5.24. The van der Waals surface area contributed by atoms with Crippen molar-refractivity contribution in [2.24, 2.45) is 0 Å². The number of urea groups is 1. The van der Waals surface area contributed by atoms with Crippen LogP contribution >= 0.6 is 0 Å². The lowest BCUT2D eigenvalue weighted by Crippen LogP contribution is -2.35. The normalized spacial score (nSPS) is 15.4. The van der Waals surface area contributed by atoms with Crippen LogP contribution in [0.15, 0.2) is 45.9 Å². The quantitative estimate of drug-likeness (QED) is 0.648. The smallest absolute Gasteiger partial charge is 0.324 e. The summed E-state index contributed by atoms with van der Waals surface area (Å²) in [6.45, 7) is 4.91.